The molecule has 1 heterocycles. The van der Waals surface area contributed by atoms with E-state index < -0.39 is 0 Å². The number of nitrogens with one attached hydrogen (secondary N) is 1. The minimum Gasteiger partial charge on any atom is -0.263 e. The minimum absolute atomic E-state index is 0.473. The van der Waals surface area contributed by atoms with Gasteiger partial charge in [-0.3, -0.25) is 5.10 Å². The van der Waals surface area contributed by atoms with Gasteiger partial charge in [-0.1, -0.05) is 43.5 Å². The molecule has 2 aliphatic carbocycles. The van der Waals surface area contributed by atoms with Crippen molar-refractivity contribution in [2.45, 2.75) is 56.8 Å². The molecule has 1 aromatic carbocycles. The summed E-state index contributed by atoms with van der Waals surface area (Å²) in [5.41, 5.74) is 2.95. The second kappa shape index (κ2) is 5.04. The van der Waals surface area contributed by atoms with Crippen LogP contribution in [0.3, 0.4) is 0 Å². The van der Waals surface area contributed by atoms with Crippen LogP contribution in [0, 0.1) is 0 Å². The number of aromatic nitrogens is 3. The third kappa shape index (κ3) is 2.15. The zero-order valence-corrected chi connectivity index (χ0v) is 11.8. The quantitative estimate of drug-likeness (QED) is 0.900. The molecule has 2 aliphatic rings. The molecule has 0 bridgehead atoms. The highest BCUT2D eigenvalue weighted by Crippen LogP contribution is 2.34. The highest BCUT2D eigenvalue weighted by Gasteiger charge is 2.27. The van der Waals surface area contributed by atoms with Gasteiger partial charge in [0.05, 0.1) is 0 Å². The first kappa shape index (κ1) is 12.1. The molecule has 2 aromatic rings. The molecule has 4 rings (SSSR count). The SMILES string of the molecule is c1ccc2c(c1)CC(c1n[nH]c(C3CCCCC3)n1)C2. The Morgan fingerprint density at radius 3 is 2.30 bits per heavy atom. The summed E-state index contributed by atoms with van der Waals surface area (Å²) >= 11 is 0. The summed E-state index contributed by atoms with van der Waals surface area (Å²) < 4.78 is 0. The van der Waals surface area contributed by atoms with Crippen LogP contribution in [-0.4, -0.2) is 15.2 Å². The second-order valence-corrected chi connectivity index (χ2v) is 6.29. The van der Waals surface area contributed by atoms with Crippen molar-refractivity contribution in [1.82, 2.24) is 15.2 Å². The van der Waals surface area contributed by atoms with Gasteiger partial charge in [0, 0.05) is 11.8 Å². The summed E-state index contributed by atoms with van der Waals surface area (Å²) in [5, 5.41) is 7.74. The van der Waals surface area contributed by atoms with Crippen LogP contribution in [0.2, 0.25) is 0 Å². The lowest BCUT2D eigenvalue weighted by Crippen LogP contribution is -2.06. The van der Waals surface area contributed by atoms with Gasteiger partial charge in [-0.25, -0.2) is 4.98 Å². The van der Waals surface area contributed by atoms with Crippen LogP contribution in [0.5, 0.6) is 0 Å². The third-order valence-electron chi connectivity index (χ3n) is 4.93. The topological polar surface area (TPSA) is 41.6 Å². The van der Waals surface area contributed by atoms with E-state index in [0.717, 1.165) is 24.5 Å². The number of H-pyrrole nitrogens is 1. The summed E-state index contributed by atoms with van der Waals surface area (Å²) in [4.78, 5) is 4.83. The van der Waals surface area contributed by atoms with Gasteiger partial charge in [0.15, 0.2) is 5.82 Å². The van der Waals surface area contributed by atoms with Crippen LogP contribution in [0.15, 0.2) is 24.3 Å². The van der Waals surface area contributed by atoms with E-state index in [0.29, 0.717) is 11.8 Å². The van der Waals surface area contributed by atoms with Gasteiger partial charge in [0.2, 0.25) is 0 Å². The van der Waals surface area contributed by atoms with Crippen LogP contribution >= 0.6 is 0 Å². The zero-order chi connectivity index (χ0) is 13.4. The molecule has 0 aliphatic heterocycles. The van der Waals surface area contributed by atoms with E-state index in [4.69, 9.17) is 4.98 Å². The fourth-order valence-corrected chi connectivity index (χ4v) is 3.77. The summed E-state index contributed by atoms with van der Waals surface area (Å²) in [6.45, 7) is 0. The van der Waals surface area contributed by atoms with Gasteiger partial charge in [-0.2, -0.15) is 5.10 Å². The number of fused-ring (bicyclic) bond motifs is 1. The van der Waals surface area contributed by atoms with E-state index in [1.54, 1.807) is 0 Å². The molecule has 0 unspecified atom stereocenters. The van der Waals surface area contributed by atoms with E-state index in [1.807, 2.05) is 0 Å². The molecule has 0 atom stereocenters. The molecule has 0 saturated heterocycles. The molecule has 3 nitrogen and oxygen atoms in total. The fraction of sp³-hybridized carbons (Fsp3) is 0.529. The monoisotopic (exact) mass is 267 g/mol. The van der Waals surface area contributed by atoms with Gasteiger partial charge in [0.1, 0.15) is 5.82 Å². The standard InChI is InChI=1S/C17H21N3/c1-2-6-12(7-3-1)16-18-17(20-19-16)15-10-13-8-4-5-9-14(13)11-15/h4-5,8-9,12,15H,1-3,6-7,10-11H2,(H,18,19,20). The molecule has 0 radical (unpaired) electrons. The summed E-state index contributed by atoms with van der Waals surface area (Å²) in [7, 11) is 0. The molecule has 1 saturated carbocycles. The largest absolute Gasteiger partial charge is 0.263 e. The van der Waals surface area contributed by atoms with Gasteiger partial charge in [-0.15, -0.1) is 0 Å². The van der Waals surface area contributed by atoms with E-state index in [-0.39, 0.29) is 0 Å². The Morgan fingerprint density at radius 2 is 1.60 bits per heavy atom. The lowest BCUT2D eigenvalue weighted by Gasteiger charge is -2.18. The lowest BCUT2D eigenvalue weighted by atomic mass is 9.89. The van der Waals surface area contributed by atoms with Gasteiger partial charge < -0.3 is 0 Å². The molecule has 20 heavy (non-hydrogen) atoms. The molecular weight excluding hydrogens is 246 g/mol. The Kier molecular flexibility index (Phi) is 3.06. The number of hydrogen-bond acceptors (Lipinski definition) is 2. The van der Waals surface area contributed by atoms with E-state index in [2.05, 4.69) is 34.5 Å². The maximum atomic E-state index is 4.83. The average Bonchev–Trinajstić information content (AvgIpc) is 3.14. The predicted octanol–water partition coefficient (Wildman–Crippen LogP) is 3.73. The molecule has 1 N–H and O–H groups in total. The summed E-state index contributed by atoms with van der Waals surface area (Å²) in [6.07, 6.45) is 8.82. The first-order valence-corrected chi connectivity index (χ1v) is 7.89. The van der Waals surface area contributed by atoms with E-state index in [9.17, 15) is 0 Å². The minimum atomic E-state index is 0.473. The lowest BCUT2D eigenvalue weighted by molar-refractivity contribution is 0.429. The number of aromatic amines is 1. The summed E-state index contributed by atoms with van der Waals surface area (Å²) in [6, 6.07) is 8.74. The highest BCUT2D eigenvalue weighted by molar-refractivity contribution is 5.35. The number of nitrogens with zero attached hydrogens (tertiary/aromatic N) is 2. The smallest absolute Gasteiger partial charge is 0.154 e. The van der Waals surface area contributed by atoms with Crippen LogP contribution in [0.25, 0.3) is 0 Å². The van der Waals surface area contributed by atoms with Crippen LogP contribution in [0.1, 0.15) is 66.7 Å². The van der Waals surface area contributed by atoms with Crippen LogP contribution in [-0.2, 0) is 12.8 Å². The van der Waals surface area contributed by atoms with Crippen molar-refractivity contribution >= 4 is 0 Å². The molecular formula is C17H21N3. The molecule has 1 fully saturated rings. The van der Waals surface area contributed by atoms with Crippen molar-refractivity contribution in [2.24, 2.45) is 0 Å². The van der Waals surface area contributed by atoms with E-state index >= 15 is 0 Å². The normalized spacial score (nSPS) is 20.2. The van der Waals surface area contributed by atoms with Crippen LogP contribution in [0.4, 0.5) is 0 Å². The highest BCUT2D eigenvalue weighted by atomic mass is 15.2. The number of benzene rings is 1. The Bertz CT molecular complexity index is 571. The fourth-order valence-electron chi connectivity index (χ4n) is 3.77. The Balaban J connectivity index is 1.52. The molecule has 3 heteroatoms. The first-order chi connectivity index (χ1) is 9.90. The zero-order valence-electron chi connectivity index (χ0n) is 11.8. The molecule has 0 amide bonds. The van der Waals surface area contributed by atoms with Gasteiger partial charge >= 0.3 is 0 Å². The average molecular weight is 267 g/mol. The van der Waals surface area contributed by atoms with Crippen molar-refractivity contribution in [1.29, 1.82) is 0 Å². The molecule has 1 aromatic heterocycles. The van der Waals surface area contributed by atoms with E-state index in [1.165, 1.54) is 43.2 Å². The first-order valence-electron chi connectivity index (χ1n) is 7.89. The Morgan fingerprint density at radius 1 is 0.900 bits per heavy atom. The number of hydrogen-bond donors (Lipinski definition) is 1. The maximum Gasteiger partial charge on any atom is 0.154 e. The van der Waals surface area contributed by atoms with Crippen molar-refractivity contribution in [3.63, 3.8) is 0 Å². The maximum absolute atomic E-state index is 4.83. The van der Waals surface area contributed by atoms with Crippen LogP contribution < -0.4 is 0 Å². The summed E-state index contributed by atoms with van der Waals surface area (Å²) in [5.74, 6) is 3.26. The van der Waals surface area contributed by atoms with Gasteiger partial charge in [0.25, 0.3) is 0 Å². The van der Waals surface area contributed by atoms with Crippen molar-refractivity contribution in [2.75, 3.05) is 0 Å². The van der Waals surface area contributed by atoms with Crippen molar-refractivity contribution < 1.29 is 0 Å². The molecule has 104 valence electrons. The Hall–Kier alpha value is -1.64. The second-order valence-electron chi connectivity index (χ2n) is 6.29. The Labute approximate surface area is 119 Å². The van der Waals surface area contributed by atoms with Gasteiger partial charge in [-0.05, 0) is 36.8 Å². The van der Waals surface area contributed by atoms with Crippen molar-refractivity contribution in [3.8, 4) is 0 Å². The van der Waals surface area contributed by atoms with Crippen molar-refractivity contribution in [3.05, 3.63) is 47.0 Å². The predicted molar refractivity (Wildman–Crippen MR) is 78.8 cm³/mol. The number of rotatable bonds is 2. The third-order valence-corrected chi connectivity index (χ3v) is 4.93. The molecule has 0 spiro atoms.